The average molecular weight is 292 g/mol. The molecule has 0 saturated heterocycles. The fraction of sp³-hybridized carbons (Fsp3) is 0.333. The second-order valence-corrected chi connectivity index (χ2v) is 7.11. The van der Waals surface area contributed by atoms with Gasteiger partial charge < -0.3 is 4.74 Å². The van der Waals surface area contributed by atoms with Crippen LogP contribution in [0.4, 0.5) is 0 Å². The van der Waals surface area contributed by atoms with Gasteiger partial charge in [0.1, 0.15) is 10.6 Å². The van der Waals surface area contributed by atoms with Crippen LogP contribution >= 0.6 is 0 Å². The maximum Gasteiger partial charge on any atom is 0.241 e. The summed E-state index contributed by atoms with van der Waals surface area (Å²) in [5.74, 6) is -0.0773. The second kappa shape index (κ2) is 4.19. The van der Waals surface area contributed by atoms with E-state index in [2.05, 4.69) is 0 Å². The van der Waals surface area contributed by atoms with E-state index in [1.165, 1.54) is 0 Å². The Morgan fingerprint density at radius 3 is 2.11 bits per heavy atom. The predicted octanol–water partition coefficient (Wildman–Crippen LogP) is -0.477. The number of sulfonamides is 2. The van der Waals surface area contributed by atoms with E-state index in [-0.39, 0.29) is 21.6 Å². The minimum Gasteiger partial charge on any atom is -0.489 e. The van der Waals surface area contributed by atoms with Gasteiger partial charge in [0, 0.05) is 6.07 Å². The molecule has 0 radical (unpaired) electrons. The number of hydrogen-bond acceptors (Lipinski definition) is 5. The molecule has 1 aromatic carbocycles. The largest absolute Gasteiger partial charge is 0.489 e. The van der Waals surface area contributed by atoms with Gasteiger partial charge in [0.15, 0.2) is 0 Å². The summed E-state index contributed by atoms with van der Waals surface area (Å²) in [5.41, 5.74) is 0. The molecule has 9 heteroatoms. The predicted molar refractivity (Wildman–Crippen MR) is 62.8 cm³/mol. The number of hydrogen-bond donors (Lipinski definition) is 2. The molecule has 4 N–H and O–H groups in total. The molecule has 0 atom stereocenters. The van der Waals surface area contributed by atoms with Crippen LogP contribution in [-0.2, 0) is 20.0 Å². The fourth-order valence-corrected chi connectivity index (χ4v) is 2.53. The highest BCUT2D eigenvalue weighted by Gasteiger charge is 2.27. The molecule has 1 fully saturated rings. The van der Waals surface area contributed by atoms with Gasteiger partial charge in [0.2, 0.25) is 20.0 Å². The fourth-order valence-electron chi connectivity index (χ4n) is 1.36. The SMILES string of the molecule is NS(=O)(=O)c1ccc(S(N)(=O)=O)c(OC2CC2)c1. The van der Waals surface area contributed by atoms with Gasteiger partial charge in [-0.1, -0.05) is 0 Å². The number of rotatable bonds is 4. The molecule has 2 rings (SSSR count). The molecule has 1 aliphatic rings. The van der Waals surface area contributed by atoms with Crippen molar-refractivity contribution < 1.29 is 21.6 Å². The van der Waals surface area contributed by atoms with Crippen LogP contribution in [0.1, 0.15) is 12.8 Å². The standard InChI is InChI=1S/C9H12N2O5S2/c10-17(12,13)7-3-4-9(18(11,14)15)8(5-7)16-6-1-2-6/h3-6H,1-2H2,(H2,10,12,13)(H2,11,14,15). The zero-order valence-electron chi connectivity index (χ0n) is 9.24. The summed E-state index contributed by atoms with van der Waals surface area (Å²) in [6.07, 6.45) is 1.49. The molecule has 18 heavy (non-hydrogen) atoms. The quantitative estimate of drug-likeness (QED) is 0.774. The van der Waals surface area contributed by atoms with Crippen molar-refractivity contribution >= 4 is 20.0 Å². The smallest absolute Gasteiger partial charge is 0.241 e. The molecule has 1 aliphatic carbocycles. The van der Waals surface area contributed by atoms with Gasteiger partial charge >= 0.3 is 0 Å². The zero-order valence-corrected chi connectivity index (χ0v) is 10.9. The Bertz CT molecular complexity index is 677. The summed E-state index contributed by atoms with van der Waals surface area (Å²) in [6, 6.07) is 3.23. The van der Waals surface area contributed by atoms with Gasteiger partial charge in [-0.2, -0.15) is 0 Å². The Labute approximate surface area is 105 Å². The van der Waals surface area contributed by atoms with Gasteiger partial charge in [0.05, 0.1) is 11.0 Å². The molecule has 1 saturated carbocycles. The van der Waals surface area contributed by atoms with Crippen LogP contribution in [-0.4, -0.2) is 22.9 Å². The second-order valence-electron chi connectivity index (χ2n) is 4.02. The molecular weight excluding hydrogens is 280 g/mol. The highest BCUT2D eigenvalue weighted by Crippen LogP contribution is 2.32. The number of primary sulfonamides is 2. The van der Waals surface area contributed by atoms with Crippen molar-refractivity contribution in [2.24, 2.45) is 10.3 Å². The monoisotopic (exact) mass is 292 g/mol. The van der Waals surface area contributed by atoms with Crippen LogP contribution in [0.2, 0.25) is 0 Å². The maximum absolute atomic E-state index is 11.3. The minimum atomic E-state index is -3.97. The first-order valence-corrected chi connectivity index (χ1v) is 8.13. The van der Waals surface area contributed by atoms with Crippen molar-refractivity contribution in [1.29, 1.82) is 0 Å². The summed E-state index contributed by atoms with van der Waals surface area (Å²) in [6.45, 7) is 0. The van der Waals surface area contributed by atoms with Crippen molar-refractivity contribution in [1.82, 2.24) is 0 Å². The van der Waals surface area contributed by atoms with Crippen molar-refractivity contribution in [2.75, 3.05) is 0 Å². The van der Waals surface area contributed by atoms with Crippen LogP contribution in [0.25, 0.3) is 0 Å². The molecule has 0 spiro atoms. The zero-order chi connectivity index (χ0) is 13.6. The van der Waals surface area contributed by atoms with E-state index >= 15 is 0 Å². The van der Waals surface area contributed by atoms with Gasteiger partial charge in [-0.25, -0.2) is 27.1 Å². The van der Waals surface area contributed by atoms with Gasteiger partial charge in [0.25, 0.3) is 0 Å². The molecule has 100 valence electrons. The Kier molecular flexibility index (Phi) is 3.09. The lowest BCUT2D eigenvalue weighted by molar-refractivity contribution is 0.294. The number of nitrogens with two attached hydrogens (primary N) is 2. The van der Waals surface area contributed by atoms with Crippen LogP contribution < -0.4 is 15.0 Å². The van der Waals surface area contributed by atoms with Crippen molar-refractivity contribution in [2.45, 2.75) is 28.7 Å². The Balaban J connectivity index is 2.54. The Morgan fingerprint density at radius 1 is 1.06 bits per heavy atom. The van der Waals surface area contributed by atoms with Crippen LogP contribution in [0.3, 0.4) is 0 Å². The first-order valence-electron chi connectivity index (χ1n) is 5.04. The number of ether oxygens (including phenoxy) is 1. The first kappa shape index (κ1) is 13.3. The van der Waals surface area contributed by atoms with E-state index in [0.29, 0.717) is 0 Å². The Morgan fingerprint density at radius 2 is 1.67 bits per heavy atom. The van der Waals surface area contributed by atoms with E-state index in [1.807, 2.05) is 0 Å². The lowest BCUT2D eigenvalue weighted by Gasteiger charge is -2.10. The van der Waals surface area contributed by atoms with Crippen molar-refractivity contribution in [3.8, 4) is 5.75 Å². The van der Waals surface area contributed by atoms with E-state index < -0.39 is 20.0 Å². The van der Waals surface area contributed by atoms with Crippen molar-refractivity contribution in [3.63, 3.8) is 0 Å². The molecule has 1 aromatic rings. The van der Waals surface area contributed by atoms with Gasteiger partial charge in [-0.05, 0) is 25.0 Å². The van der Waals surface area contributed by atoms with Gasteiger partial charge in [-0.15, -0.1) is 0 Å². The third-order valence-corrected chi connectivity index (χ3v) is 4.23. The van der Waals surface area contributed by atoms with Gasteiger partial charge in [-0.3, -0.25) is 0 Å². The normalized spacial score (nSPS) is 16.6. The highest BCUT2D eigenvalue weighted by atomic mass is 32.2. The number of benzene rings is 1. The van der Waals surface area contributed by atoms with E-state index in [9.17, 15) is 16.8 Å². The van der Waals surface area contributed by atoms with Crippen LogP contribution in [0.5, 0.6) is 5.75 Å². The molecule has 0 heterocycles. The summed E-state index contributed by atoms with van der Waals surface area (Å²) in [5, 5.41) is 9.99. The average Bonchev–Trinajstić information content (AvgIpc) is 2.98. The molecule has 0 bridgehead atoms. The summed E-state index contributed by atoms with van der Waals surface area (Å²) >= 11 is 0. The van der Waals surface area contributed by atoms with Crippen LogP contribution in [0, 0.1) is 0 Å². The lowest BCUT2D eigenvalue weighted by Crippen LogP contribution is -2.17. The molecule has 0 aromatic heterocycles. The highest BCUT2D eigenvalue weighted by molar-refractivity contribution is 7.89. The van der Waals surface area contributed by atoms with E-state index in [0.717, 1.165) is 31.0 Å². The lowest BCUT2D eigenvalue weighted by atomic mass is 10.3. The topological polar surface area (TPSA) is 130 Å². The van der Waals surface area contributed by atoms with E-state index in [4.69, 9.17) is 15.0 Å². The third-order valence-electron chi connectivity index (χ3n) is 2.37. The van der Waals surface area contributed by atoms with Crippen LogP contribution in [0.15, 0.2) is 28.0 Å². The van der Waals surface area contributed by atoms with E-state index in [1.54, 1.807) is 0 Å². The molecule has 0 aliphatic heterocycles. The van der Waals surface area contributed by atoms with Crippen molar-refractivity contribution in [3.05, 3.63) is 18.2 Å². The summed E-state index contributed by atoms with van der Waals surface area (Å²) < 4.78 is 50.4. The Hall–Kier alpha value is -1.16. The minimum absolute atomic E-state index is 0.0773. The molecule has 0 unspecified atom stereocenters. The molecular formula is C9H12N2O5S2. The summed E-state index contributed by atoms with van der Waals surface area (Å²) in [4.78, 5) is -0.465. The first-order chi connectivity index (χ1) is 8.18. The third kappa shape index (κ3) is 2.99. The molecule has 7 nitrogen and oxygen atoms in total. The molecule has 0 amide bonds. The summed E-state index contributed by atoms with van der Waals surface area (Å²) in [7, 11) is -7.89. The maximum atomic E-state index is 11.3.